The van der Waals surface area contributed by atoms with Crippen LogP contribution in [-0.2, 0) is 39.3 Å². The van der Waals surface area contributed by atoms with E-state index in [4.69, 9.17) is 0 Å². The molecule has 0 fully saturated rings. The Morgan fingerprint density at radius 1 is 0.529 bits per heavy atom. The highest BCUT2D eigenvalue weighted by atomic mass is 32.3. The highest BCUT2D eigenvalue weighted by molar-refractivity contribution is 8.27. The van der Waals surface area contributed by atoms with Crippen LogP contribution in [0, 0.1) is 0 Å². The van der Waals surface area contributed by atoms with Crippen molar-refractivity contribution in [1.82, 2.24) is 0 Å². The summed E-state index contributed by atoms with van der Waals surface area (Å²) in [6, 6.07) is 0. The van der Waals surface area contributed by atoms with Crippen LogP contribution in [0.1, 0.15) is 26.2 Å². The molecule has 0 radical (unpaired) electrons. The number of unbranched alkanes of at least 4 members (excludes halogenated alkanes) is 1. The summed E-state index contributed by atoms with van der Waals surface area (Å²) in [5.41, 5.74) is -30.5. The Bertz CT molecular complexity index is 1080. The van der Waals surface area contributed by atoms with Crippen LogP contribution in [0.2, 0.25) is 0 Å². The lowest BCUT2D eigenvalue weighted by Crippen LogP contribution is -2.71. The fourth-order valence-electron chi connectivity index (χ4n) is 2.51. The van der Waals surface area contributed by atoms with Gasteiger partial charge in [0.1, 0.15) is 5.25 Å². The van der Waals surface area contributed by atoms with E-state index in [9.17, 15) is 86.4 Å². The van der Waals surface area contributed by atoms with Crippen LogP contribution in [0.25, 0.3) is 0 Å². The van der Waals surface area contributed by atoms with Gasteiger partial charge >= 0.3 is 25.4 Å². The molecule has 0 aliphatic heterocycles. The second kappa shape index (κ2) is 8.81. The predicted octanol–water partition coefficient (Wildman–Crippen LogP) is 2.94. The fourth-order valence-corrected chi connectivity index (χ4v) is 13.5. The SMILES string of the molecule is CCCCC(C(S(=O)(=O)C(F)(F)F)(S(=O)(=O)C(F)(F)F)S(=O)(=O)C(F)(F)F)S(=O)(=O)C(F)(F)F. The van der Waals surface area contributed by atoms with Crippen molar-refractivity contribution < 1.29 is 86.4 Å². The van der Waals surface area contributed by atoms with Gasteiger partial charge in [0.2, 0.25) is 0 Å². The molecular formula is C10H10F12O8S4. The molecule has 0 aromatic carbocycles. The molecule has 0 bridgehead atoms. The maximum atomic E-state index is 13.2. The van der Waals surface area contributed by atoms with Crippen LogP contribution >= 0.6 is 0 Å². The van der Waals surface area contributed by atoms with Gasteiger partial charge in [0.25, 0.3) is 39.3 Å². The van der Waals surface area contributed by atoms with Crippen molar-refractivity contribution in [2.45, 2.75) is 56.9 Å². The van der Waals surface area contributed by atoms with E-state index >= 15 is 0 Å². The first-order valence-corrected chi connectivity index (χ1v) is 13.7. The van der Waals surface area contributed by atoms with Gasteiger partial charge in [-0.2, -0.15) is 52.7 Å². The number of hydrogen-bond acceptors (Lipinski definition) is 8. The van der Waals surface area contributed by atoms with Gasteiger partial charge in [-0.3, -0.25) is 0 Å². The summed E-state index contributed by atoms with van der Waals surface area (Å²) in [4.78, 5) is 0. The maximum Gasteiger partial charge on any atom is 0.500 e. The predicted molar refractivity (Wildman–Crippen MR) is 85.9 cm³/mol. The van der Waals surface area contributed by atoms with Crippen LogP contribution in [0.3, 0.4) is 0 Å². The van der Waals surface area contributed by atoms with E-state index in [1.165, 1.54) is 0 Å². The van der Waals surface area contributed by atoms with Gasteiger partial charge in [0, 0.05) is 0 Å². The van der Waals surface area contributed by atoms with Crippen LogP contribution in [0.5, 0.6) is 0 Å². The van der Waals surface area contributed by atoms with E-state index in [-0.39, 0.29) is 0 Å². The molecule has 0 rings (SSSR count). The molecule has 0 amide bonds. The van der Waals surface area contributed by atoms with Gasteiger partial charge in [0.05, 0.1) is 0 Å². The molecule has 0 saturated heterocycles. The molecule has 8 nitrogen and oxygen atoms in total. The Labute approximate surface area is 183 Å². The fraction of sp³-hybridized carbons (Fsp3) is 1.00. The Hall–Kier alpha value is -1.04. The summed E-state index contributed by atoms with van der Waals surface area (Å²) in [6.07, 6.45) is -4.93. The smallest absolute Gasteiger partial charge is 0.219 e. The Kier molecular flexibility index (Phi) is 8.54. The van der Waals surface area contributed by atoms with Gasteiger partial charge in [-0.1, -0.05) is 19.8 Å². The van der Waals surface area contributed by atoms with E-state index < -0.39 is 89.3 Å². The topological polar surface area (TPSA) is 137 Å². The molecule has 1 unspecified atom stereocenters. The van der Waals surface area contributed by atoms with Crippen LogP contribution < -0.4 is 0 Å². The Morgan fingerprint density at radius 3 is 0.971 bits per heavy atom. The minimum absolute atomic E-state index is 0.785. The second-order valence-electron chi connectivity index (χ2n) is 6.07. The van der Waals surface area contributed by atoms with E-state index in [1.54, 1.807) is 0 Å². The normalized spacial score (nSPS) is 17.0. The van der Waals surface area contributed by atoms with Crippen molar-refractivity contribution in [3.05, 3.63) is 0 Å². The van der Waals surface area contributed by atoms with E-state index in [0.717, 1.165) is 6.92 Å². The number of halogens is 12. The average Bonchev–Trinajstić information content (AvgIpc) is 2.53. The molecule has 0 heterocycles. The van der Waals surface area contributed by atoms with E-state index in [2.05, 4.69) is 0 Å². The summed E-state index contributed by atoms with van der Waals surface area (Å²) < 4.78 is 246. The first-order chi connectivity index (χ1) is 14.4. The summed E-state index contributed by atoms with van der Waals surface area (Å²) >= 11 is 0. The minimum Gasteiger partial charge on any atom is -0.219 e. The highest BCUT2D eigenvalue weighted by Crippen LogP contribution is 2.56. The molecular weight excluding hydrogens is 604 g/mol. The maximum absolute atomic E-state index is 13.2. The monoisotopic (exact) mass is 614 g/mol. The Morgan fingerprint density at radius 2 is 0.794 bits per heavy atom. The van der Waals surface area contributed by atoms with Crippen molar-refractivity contribution in [3.63, 3.8) is 0 Å². The zero-order valence-corrected chi connectivity index (χ0v) is 18.9. The number of rotatable bonds is 8. The summed E-state index contributed by atoms with van der Waals surface area (Å²) in [5, 5.41) is -5.51. The van der Waals surface area contributed by atoms with Gasteiger partial charge in [-0.05, 0) is 6.42 Å². The van der Waals surface area contributed by atoms with Crippen molar-refractivity contribution in [1.29, 1.82) is 0 Å². The van der Waals surface area contributed by atoms with E-state index in [1.807, 2.05) is 0 Å². The molecule has 1 atom stereocenters. The summed E-state index contributed by atoms with van der Waals surface area (Å²) in [7, 11) is -35.6. The quantitative estimate of drug-likeness (QED) is 0.381. The molecule has 0 N–H and O–H groups in total. The highest BCUT2D eigenvalue weighted by Gasteiger charge is 2.88. The van der Waals surface area contributed by atoms with Gasteiger partial charge in [0.15, 0.2) is 0 Å². The van der Waals surface area contributed by atoms with Crippen LogP contribution in [0.15, 0.2) is 0 Å². The third-order valence-electron chi connectivity index (χ3n) is 3.95. The third-order valence-corrected chi connectivity index (χ3v) is 15.3. The lowest BCUT2D eigenvalue weighted by atomic mass is 10.2. The number of sulfone groups is 4. The first-order valence-electron chi connectivity index (χ1n) is 7.67. The molecule has 0 aromatic heterocycles. The standard InChI is InChI=1S/C10H10F12O8S4/c1-2-3-4-5(31(23,24)7(11,12)13)6(32(25,26)8(14,15)16,33(27,28)9(17,18)19)34(29,30)10(20,21)22/h5H,2-4H2,1H3. The lowest BCUT2D eigenvalue weighted by molar-refractivity contribution is -0.0537. The zero-order chi connectivity index (χ0) is 28.2. The minimum atomic E-state index is -9.15. The molecule has 206 valence electrons. The van der Waals surface area contributed by atoms with Crippen molar-refractivity contribution in [3.8, 4) is 0 Å². The Balaban J connectivity index is 8.94. The van der Waals surface area contributed by atoms with Crippen molar-refractivity contribution >= 4 is 39.3 Å². The van der Waals surface area contributed by atoms with E-state index in [0.29, 0.717) is 0 Å². The lowest BCUT2D eigenvalue weighted by Gasteiger charge is -2.38. The molecule has 24 heteroatoms. The van der Waals surface area contributed by atoms with Gasteiger partial charge in [-0.25, -0.2) is 33.7 Å². The second-order valence-corrected chi connectivity index (χ2v) is 15.3. The van der Waals surface area contributed by atoms with Crippen LogP contribution in [0.4, 0.5) is 52.7 Å². The molecule has 0 aromatic rings. The molecule has 0 saturated carbocycles. The summed E-state index contributed by atoms with van der Waals surface area (Å²) in [6.45, 7) is 0.785. The summed E-state index contributed by atoms with van der Waals surface area (Å²) in [5.74, 6) is 0. The average molecular weight is 614 g/mol. The molecule has 0 spiro atoms. The van der Waals surface area contributed by atoms with Crippen molar-refractivity contribution in [2.24, 2.45) is 0 Å². The van der Waals surface area contributed by atoms with Gasteiger partial charge in [-0.15, -0.1) is 0 Å². The largest absolute Gasteiger partial charge is 0.500 e. The van der Waals surface area contributed by atoms with Gasteiger partial charge < -0.3 is 0 Å². The molecule has 0 aliphatic rings. The molecule has 34 heavy (non-hydrogen) atoms. The van der Waals surface area contributed by atoms with Crippen molar-refractivity contribution in [2.75, 3.05) is 0 Å². The molecule has 0 aliphatic carbocycles. The number of hydrogen-bond donors (Lipinski definition) is 0. The van der Waals surface area contributed by atoms with Crippen LogP contribution in [-0.4, -0.2) is 64.4 Å². The first kappa shape index (κ1) is 33.0. The third kappa shape index (κ3) is 4.57. The number of alkyl halides is 12. The zero-order valence-electron chi connectivity index (χ0n) is 15.6.